The molecule has 1 aliphatic heterocycles. The van der Waals surface area contributed by atoms with Crippen LogP contribution in [0.4, 0.5) is 0 Å². The summed E-state index contributed by atoms with van der Waals surface area (Å²) in [6, 6.07) is 0.597. The molecule has 2 fully saturated rings. The first-order chi connectivity index (χ1) is 9.49. The fraction of sp³-hybridized carbons (Fsp3) is 0.923. The van der Waals surface area contributed by atoms with Gasteiger partial charge in [-0.2, -0.15) is 0 Å². The lowest BCUT2D eigenvalue weighted by Crippen LogP contribution is -2.40. The van der Waals surface area contributed by atoms with Crippen LogP contribution in [-0.4, -0.2) is 57.2 Å². The molecule has 0 spiro atoms. The van der Waals surface area contributed by atoms with Gasteiger partial charge in [0.1, 0.15) is 0 Å². The molecule has 0 atom stereocenters. The van der Waals surface area contributed by atoms with Gasteiger partial charge >= 0.3 is 0 Å². The van der Waals surface area contributed by atoms with Gasteiger partial charge in [-0.05, 0) is 38.5 Å². The number of guanidine groups is 1. The molecule has 0 bridgehead atoms. The van der Waals surface area contributed by atoms with Crippen molar-refractivity contribution in [3.8, 4) is 0 Å². The molecule has 0 aromatic heterocycles. The highest BCUT2D eigenvalue weighted by Crippen LogP contribution is 2.20. The summed E-state index contributed by atoms with van der Waals surface area (Å²) in [5.74, 6) is 1.39. The maximum atomic E-state index is 11.5. The zero-order valence-corrected chi connectivity index (χ0v) is 16.0. The Bertz CT molecular complexity index is 443. The Morgan fingerprint density at radius 1 is 1.24 bits per heavy atom. The van der Waals surface area contributed by atoms with Gasteiger partial charge in [-0.25, -0.2) is 12.7 Å². The number of halogens is 1. The van der Waals surface area contributed by atoms with Crippen molar-refractivity contribution in [2.75, 3.05) is 32.4 Å². The van der Waals surface area contributed by atoms with Gasteiger partial charge < -0.3 is 10.6 Å². The number of aliphatic imine (C=N–C) groups is 1. The van der Waals surface area contributed by atoms with Gasteiger partial charge in [-0.15, -0.1) is 24.0 Å². The smallest absolute Gasteiger partial charge is 0.211 e. The van der Waals surface area contributed by atoms with Crippen molar-refractivity contribution >= 4 is 40.0 Å². The monoisotopic (exact) mass is 430 g/mol. The van der Waals surface area contributed by atoms with Gasteiger partial charge in [0, 0.05) is 32.2 Å². The third kappa shape index (κ3) is 6.68. The lowest BCUT2D eigenvalue weighted by atomic mass is 9.98. The fourth-order valence-electron chi connectivity index (χ4n) is 2.38. The molecule has 0 aromatic carbocycles. The van der Waals surface area contributed by atoms with Crippen molar-refractivity contribution < 1.29 is 8.42 Å². The topological polar surface area (TPSA) is 73.8 Å². The van der Waals surface area contributed by atoms with E-state index in [4.69, 9.17) is 0 Å². The minimum Gasteiger partial charge on any atom is -0.357 e. The minimum absolute atomic E-state index is 0. The van der Waals surface area contributed by atoms with E-state index in [1.807, 2.05) is 0 Å². The van der Waals surface area contributed by atoms with Gasteiger partial charge in [0.2, 0.25) is 10.0 Å². The van der Waals surface area contributed by atoms with E-state index in [9.17, 15) is 8.42 Å². The first-order valence-electron chi connectivity index (χ1n) is 7.49. The molecule has 0 unspecified atom stereocenters. The van der Waals surface area contributed by atoms with Gasteiger partial charge in [0.15, 0.2) is 5.96 Å². The second kappa shape index (κ2) is 8.52. The van der Waals surface area contributed by atoms with E-state index >= 15 is 0 Å². The van der Waals surface area contributed by atoms with E-state index in [1.54, 1.807) is 4.31 Å². The molecule has 8 heteroatoms. The molecule has 2 N–H and O–H groups in total. The van der Waals surface area contributed by atoms with Crippen LogP contribution in [-0.2, 0) is 10.0 Å². The summed E-state index contributed by atoms with van der Waals surface area (Å²) in [5.41, 5.74) is 0. The summed E-state index contributed by atoms with van der Waals surface area (Å²) in [5, 5.41) is 6.66. The first kappa shape index (κ1) is 19.0. The van der Waals surface area contributed by atoms with Crippen LogP contribution < -0.4 is 10.6 Å². The number of piperidine rings is 1. The van der Waals surface area contributed by atoms with Crippen molar-refractivity contribution in [1.82, 2.24) is 14.9 Å². The second-order valence-electron chi connectivity index (χ2n) is 5.74. The Morgan fingerprint density at radius 3 is 2.33 bits per heavy atom. The molecule has 0 amide bonds. The average molecular weight is 430 g/mol. The second-order valence-corrected chi connectivity index (χ2v) is 7.73. The molecular formula is C13H27IN4O2S. The number of nitrogens with zero attached hydrogens (tertiary/aromatic N) is 2. The average Bonchev–Trinajstić information content (AvgIpc) is 3.20. The summed E-state index contributed by atoms with van der Waals surface area (Å²) in [4.78, 5) is 4.63. The molecule has 1 heterocycles. The van der Waals surface area contributed by atoms with E-state index in [0.717, 1.165) is 31.9 Å². The van der Waals surface area contributed by atoms with Crippen molar-refractivity contribution in [3.63, 3.8) is 0 Å². The highest BCUT2D eigenvalue weighted by molar-refractivity contribution is 14.0. The van der Waals surface area contributed by atoms with E-state index in [1.165, 1.54) is 19.1 Å². The van der Waals surface area contributed by atoms with Crippen molar-refractivity contribution in [2.45, 2.75) is 38.6 Å². The predicted octanol–water partition coefficient (Wildman–Crippen LogP) is 0.994. The predicted molar refractivity (Wildman–Crippen MR) is 96.7 cm³/mol. The quantitative estimate of drug-likeness (QED) is 0.388. The molecular weight excluding hydrogens is 403 g/mol. The molecule has 0 aromatic rings. The maximum absolute atomic E-state index is 11.5. The van der Waals surface area contributed by atoms with Crippen LogP contribution in [0.2, 0.25) is 0 Å². The fourth-order valence-corrected chi connectivity index (χ4v) is 3.26. The largest absolute Gasteiger partial charge is 0.357 e. The molecule has 2 rings (SSSR count). The SMILES string of the molecule is CCNC(=NCC1CCN(S(C)(=O)=O)CC1)NC1CC1.I. The zero-order chi connectivity index (χ0) is 14.6. The third-order valence-corrected chi connectivity index (χ3v) is 5.12. The van der Waals surface area contributed by atoms with Crippen LogP contribution in [0.5, 0.6) is 0 Å². The van der Waals surface area contributed by atoms with Crippen LogP contribution in [0.3, 0.4) is 0 Å². The minimum atomic E-state index is -3.02. The van der Waals surface area contributed by atoms with Gasteiger partial charge in [0.05, 0.1) is 6.26 Å². The van der Waals surface area contributed by atoms with Crippen LogP contribution in [0.1, 0.15) is 32.6 Å². The molecule has 1 saturated heterocycles. The number of sulfonamides is 1. The molecule has 21 heavy (non-hydrogen) atoms. The Hall–Kier alpha value is -0.0900. The van der Waals surface area contributed by atoms with Crippen LogP contribution >= 0.6 is 24.0 Å². The lowest BCUT2D eigenvalue weighted by molar-refractivity contribution is 0.280. The van der Waals surface area contributed by atoms with Crippen molar-refractivity contribution in [2.24, 2.45) is 10.9 Å². The van der Waals surface area contributed by atoms with Crippen LogP contribution in [0.25, 0.3) is 0 Å². The maximum Gasteiger partial charge on any atom is 0.211 e. The summed E-state index contributed by atoms with van der Waals surface area (Å²) in [6.45, 7) is 4.97. The Balaban J connectivity index is 0.00000220. The Labute approximate surface area is 145 Å². The molecule has 1 aliphatic carbocycles. The summed E-state index contributed by atoms with van der Waals surface area (Å²) < 4.78 is 24.5. The molecule has 0 radical (unpaired) electrons. The Morgan fingerprint density at radius 2 is 1.86 bits per heavy atom. The summed E-state index contributed by atoms with van der Waals surface area (Å²) >= 11 is 0. The standard InChI is InChI=1S/C13H26N4O2S.HI/c1-3-14-13(16-12-4-5-12)15-10-11-6-8-17(9-7-11)20(2,18)19;/h11-12H,3-10H2,1-2H3,(H2,14,15,16);1H. The summed E-state index contributed by atoms with van der Waals surface area (Å²) in [6.07, 6.45) is 5.56. The van der Waals surface area contributed by atoms with Gasteiger partial charge in [0.25, 0.3) is 0 Å². The van der Waals surface area contributed by atoms with E-state index in [2.05, 4.69) is 22.5 Å². The number of nitrogens with one attached hydrogen (secondary N) is 2. The normalized spacial score (nSPS) is 21.7. The van der Waals surface area contributed by atoms with Crippen LogP contribution in [0, 0.1) is 5.92 Å². The Kier molecular flexibility index (Phi) is 7.69. The third-order valence-electron chi connectivity index (χ3n) is 3.81. The number of hydrogen-bond donors (Lipinski definition) is 2. The van der Waals surface area contributed by atoms with Crippen LogP contribution in [0.15, 0.2) is 4.99 Å². The molecule has 124 valence electrons. The summed E-state index contributed by atoms with van der Waals surface area (Å²) in [7, 11) is -3.02. The van der Waals surface area contributed by atoms with E-state index in [0.29, 0.717) is 25.0 Å². The first-order valence-corrected chi connectivity index (χ1v) is 9.34. The van der Waals surface area contributed by atoms with E-state index < -0.39 is 10.0 Å². The van der Waals surface area contributed by atoms with Crippen molar-refractivity contribution in [1.29, 1.82) is 0 Å². The molecule has 6 nitrogen and oxygen atoms in total. The number of rotatable bonds is 5. The zero-order valence-electron chi connectivity index (χ0n) is 12.8. The molecule has 2 aliphatic rings. The van der Waals surface area contributed by atoms with Gasteiger partial charge in [-0.1, -0.05) is 0 Å². The highest BCUT2D eigenvalue weighted by atomic mass is 127. The molecule has 1 saturated carbocycles. The highest BCUT2D eigenvalue weighted by Gasteiger charge is 2.25. The number of hydrogen-bond acceptors (Lipinski definition) is 3. The van der Waals surface area contributed by atoms with E-state index in [-0.39, 0.29) is 24.0 Å². The lowest BCUT2D eigenvalue weighted by Gasteiger charge is -2.29. The van der Waals surface area contributed by atoms with Crippen molar-refractivity contribution in [3.05, 3.63) is 0 Å². The van der Waals surface area contributed by atoms with Gasteiger partial charge in [-0.3, -0.25) is 4.99 Å².